The Balaban J connectivity index is 0.000000810. The van der Waals surface area contributed by atoms with Crippen molar-refractivity contribution in [1.82, 2.24) is 14.2 Å². The van der Waals surface area contributed by atoms with E-state index in [9.17, 15) is 0 Å². The molecule has 3 N–H and O–H groups in total. The zero-order chi connectivity index (χ0) is 6.85. The highest BCUT2D eigenvalue weighted by Crippen LogP contribution is 1.65. The van der Waals surface area contributed by atoms with Crippen LogP contribution >= 0.6 is 12.4 Å². The highest BCUT2D eigenvalue weighted by atomic mass is 35.5. The third kappa shape index (κ3) is 1.54. The summed E-state index contributed by atoms with van der Waals surface area (Å²) in [7, 11) is 3.71. The van der Waals surface area contributed by atoms with E-state index in [1.165, 1.54) is 4.68 Å². The van der Waals surface area contributed by atoms with Crippen LogP contribution in [0.1, 0.15) is 0 Å². The molecule has 0 spiro atoms. The van der Waals surface area contributed by atoms with Crippen LogP contribution in [0.25, 0.3) is 0 Å². The van der Waals surface area contributed by atoms with Crippen molar-refractivity contribution >= 4 is 12.4 Å². The van der Waals surface area contributed by atoms with Gasteiger partial charge in [-0.3, -0.25) is 5.84 Å². The second-order valence-corrected chi connectivity index (χ2v) is 2.01. The number of aryl methyl sites for hydroxylation is 1. The molecule has 5 heteroatoms. The number of imidazole rings is 1. The summed E-state index contributed by atoms with van der Waals surface area (Å²) >= 11 is 0. The maximum atomic E-state index is 5.44. The minimum Gasteiger partial charge on any atom is -0.294 e. The number of rotatable bonds is 0. The average molecular weight is 164 g/mol. The zero-order valence-corrected chi connectivity index (χ0v) is 6.85. The van der Waals surface area contributed by atoms with Crippen LogP contribution in [0.2, 0.25) is 0 Å². The molecular weight excluding hydrogens is 152 g/mol. The van der Waals surface area contributed by atoms with Crippen molar-refractivity contribution in [3.8, 4) is 0 Å². The van der Waals surface area contributed by atoms with Crippen LogP contribution < -0.4 is 16.1 Å². The van der Waals surface area contributed by atoms with Gasteiger partial charge in [0.2, 0.25) is 0 Å². The van der Waals surface area contributed by atoms with Crippen LogP contribution in [0.5, 0.6) is 0 Å². The lowest BCUT2D eigenvalue weighted by Gasteiger charge is -1.86. The molecule has 58 valence electrons. The van der Waals surface area contributed by atoms with Crippen LogP contribution in [0.15, 0.2) is 12.4 Å². The average Bonchev–Trinajstić information content (AvgIpc) is 2.13. The summed E-state index contributed by atoms with van der Waals surface area (Å²) in [6, 6.07) is 0. The molecule has 1 aromatic heterocycles. The number of aromatic amines is 1. The summed E-state index contributed by atoms with van der Waals surface area (Å²) in [5.74, 6) is 5.44. The quantitative estimate of drug-likeness (QED) is 0.289. The number of H-pyrrole nitrogens is 1. The normalized spacial score (nSPS) is 12.2. The molecule has 0 unspecified atom stereocenters. The van der Waals surface area contributed by atoms with Crippen molar-refractivity contribution in [2.75, 3.05) is 7.05 Å². The molecule has 0 atom stereocenters. The molecule has 1 heterocycles. The van der Waals surface area contributed by atoms with Gasteiger partial charge in [-0.25, -0.2) is 9.55 Å². The third-order valence-electron chi connectivity index (χ3n) is 1.18. The van der Waals surface area contributed by atoms with Crippen molar-refractivity contribution < 1.29 is 0 Å². The number of nitrogens with two attached hydrogens (primary N) is 1. The zero-order valence-electron chi connectivity index (χ0n) is 6.03. The first kappa shape index (κ1) is 9.10. The highest BCUT2D eigenvalue weighted by molar-refractivity contribution is 5.85. The minimum atomic E-state index is 0. The van der Waals surface area contributed by atoms with Gasteiger partial charge in [0.15, 0.2) is 0 Å². The number of aromatic nitrogens is 2. The molecule has 0 amide bonds. The van der Waals surface area contributed by atoms with Gasteiger partial charge in [0.05, 0.1) is 26.5 Å². The highest BCUT2D eigenvalue weighted by Gasteiger charge is 1.94. The second kappa shape index (κ2) is 3.31. The fourth-order valence-electron chi connectivity index (χ4n) is 0.747. The summed E-state index contributed by atoms with van der Waals surface area (Å²) in [5.41, 5.74) is 0.884. The summed E-state index contributed by atoms with van der Waals surface area (Å²) in [6.45, 7) is 0. The van der Waals surface area contributed by atoms with E-state index in [4.69, 9.17) is 5.84 Å². The Morgan fingerprint density at radius 2 is 2.30 bits per heavy atom. The molecule has 0 aliphatic carbocycles. The van der Waals surface area contributed by atoms with Gasteiger partial charge in [-0.05, 0) is 0 Å². The molecule has 0 saturated carbocycles. The van der Waals surface area contributed by atoms with Crippen molar-refractivity contribution in [3.05, 3.63) is 18.0 Å². The van der Waals surface area contributed by atoms with E-state index in [1.807, 2.05) is 24.0 Å². The van der Waals surface area contributed by atoms with Gasteiger partial charge in [0.1, 0.15) is 0 Å². The van der Waals surface area contributed by atoms with E-state index < -0.39 is 0 Å². The van der Waals surface area contributed by atoms with Crippen molar-refractivity contribution in [1.29, 1.82) is 0 Å². The van der Waals surface area contributed by atoms with E-state index in [0.717, 1.165) is 5.62 Å². The lowest BCUT2D eigenvalue weighted by Crippen LogP contribution is -2.37. The molecule has 0 radical (unpaired) electrons. The summed E-state index contributed by atoms with van der Waals surface area (Å²) in [5, 5.41) is 0. The van der Waals surface area contributed by atoms with Crippen LogP contribution in [0.4, 0.5) is 0 Å². The molecule has 4 nitrogen and oxygen atoms in total. The molecule has 0 fully saturated rings. The molecule has 1 aromatic rings. The first-order chi connectivity index (χ1) is 4.22. The molecule has 1 rings (SSSR count). The van der Waals surface area contributed by atoms with Gasteiger partial charge >= 0.3 is 5.62 Å². The Morgan fingerprint density at radius 3 is 2.50 bits per heavy atom. The molecular formula is C5H12ClN4+. The molecule has 0 aliphatic heterocycles. The molecule has 0 aliphatic rings. The Kier molecular flexibility index (Phi) is 3.02. The molecule has 0 aromatic carbocycles. The lowest BCUT2D eigenvalue weighted by molar-refractivity contribution is 0.632. The first-order valence-corrected chi connectivity index (χ1v) is 2.73. The summed E-state index contributed by atoms with van der Waals surface area (Å²) in [4.78, 5) is 2.97. The Bertz CT molecular complexity index is 255. The van der Waals surface area contributed by atoms with E-state index in [2.05, 4.69) is 4.98 Å². The van der Waals surface area contributed by atoms with E-state index in [-0.39, 0.29) is 12.4 Å². The maximum absolute atomic E-state index is 5.44. The summed E-state index contributed by atoms with van der Waals surface area (Å²) in [6.07, 6.45) is 3.73. The van der Waals surface area contributed by atoms with Crippen molar-refractivity contribution in [2.45, 2.75) is 0 Å². The maximum Gasteiger partial charge on any atom is 0.378 e. The summed E-state index contributed by atoms with van der Waals surface area (Å²) < 4.78 is 3.43. The van der Waals surface area contributed by atoms with Crippen LogP contribution in [-0.2, 0) is 7.05 Å². The Hall–Kier alpha value is -0.900. The molecule has 10 heavy (non-hydrogen) atoms. The number of hydrogen-bond acceptors (Lipinski definition) is 1. The predicted octanol–water partition coefficient (Wildman–Crippen LogP) is -0.949. The van der Waals surface area contributed by atoms with Crippen molar-refractivity contribution in [3.63, 3.8) is 0 Å². The number of hydrazine groups is 1. The number of halogens is 1. The van der Waals surface area contributed by atoms with E-state index in [0.29, 0.717) is 0 Å². The minimum absolute atomic E-state index is 0. The SMILES string of the molecule is Cl.Cn1cc[nH]c1=[N+](C)N. The van der Waals surface area contributed by atoms with E-state index >= 15 is 0 Å². The van der Waals surface area contributed by atoms with Gasteiger partial charge < -0.3 is 0 Å². The fourth-order valence-corrected chi connectivity index (χ4v) is 0.747. The van der Waals surface area contributed by atoms with Gasteiger partial charge in [-0.15, -0.1) is 12.4 Å². The van der Waals surface area contributed by atoms with Crippen molar-refractivity contribution in [2.24, 2.45) is 12.9 Å². The van der Waals surface area contributed by atoms with Gasteiger partial charge in [0, 0.05) is 0 Å². The van der Waals surface area contributed by atoms with E-state index in [1.54, 1.807) is 7.05 Å². The topological polar surface area (TPSA) is 49.8 Å². The first-order valence-electron chi connectivity index (χ1n) is 2.73. The number of nitrogens with one attached hydrogen (secondary N) is 1. The second-order valence-electron chi connectivity index (χ2n) is 2.01. The third-order valence-corrected chi connectivity index (χ3v) is 1.18. The smallest absolute Gasteiger partial charge is 0.294 e. The number of nitrogens with zero attached hydrogens (tertiary/aromatic N) is 2. The monoisotopic (exact) mass is 163 g/mol. The fraction of sp³-hybridized carbons (Fsp3) is 0.400. The molecule has 0 bridgehead atoms. The van der Waals surface area contributed by atoms with Crippen LogP contribution in [0, 0.1) is 0 Å². The largest absolute Gasteiger partial charge is 0.378 e. The van der Waals surface area contributed by atoms with Gasteiger partial charge in [-0.1, -0.05) is 0 Å². The van der Waals surface area contributed by atoms with Gasteiger partial charge in [0.25, 0.3) is 0 Å². The predicted molar refractivity (Wildman–Crippen MR) is 42.4 cm³/mol. The standard InChI is InChI=1S/C5H10N4.ClH/c1-8-4-3-7-5(8)9(2)6;/h3-4H,6H2,1-2H3;1H/p+1. The van der Waals surface area contributed by atoms with Crippen LogP contribution in [-0.4, -0.2) is 16.6 Å². The number of hydrogen-bond donors (Lipinski definition) is 2. The Labute approximate surface area is 65.4 Å². The lowest BCUT2D eigenvalue weighted by atomic mass is 10.9. The Morgan fingerprint density at radius 1 is 1.70 bits per heavy atom. The van der Waals surface area contributed by atoms with Gasteiger partial charge in [-0.2, -0.15) is 4.68 Å². The van der Waals surface area contributed by atoms with Crippen LogP contribution in [0.3, 0.4) is 0 Å². The molecule has 0 saturated heterocycles.